The van der Waals surface area contributed by atoms with Crippen LogP contribution < -0.4 is 9.64 Å². The quantitative estimate of drug-likeness (QED) is 0.768. The number of hydrogen-bond acceptors (Lipinski definition) is 5. The molecular formula is C16H19Cl2N3O2. The number of nitrogens with zero attached hydrogens (tertiary/aromatic N) is 3. The van der Waals surface area contributed by atoms with Crippen molar-refractivity contribution >= 4 is 28.9 Å². The van der Waals surface area contributed by atoms with Gasteiger partial charge >= 0.3 is 0 Å². The first-order valence-corrected chi connectivity index (χ1v) is 8.41. The Hall–Kier alpha value is -1.43. The second-order valence-electron chi connectivity index (χ2n) is 5.43. The molecule has 1 aromatic heterocycles. The van der Waals surface area contributed by atoms with E-state index in [-0.39, 0.29) is 0 Å². The van der Waals surface area contributed by atoms with Crippen molar-refractivity contribution in [2.45, 2.75) is 12.4 Å². The Morgan fingerprint density at radius 2 is 2.04 bits per heavy atom. The van der Waals surface area contributed by atoms with Crippen LogP contribution in [0.5, 0.6) is 5.75 Å². The van der Waals surface area contributed by atoms with E-state index in [9.17, 15) is 0 Å². The topological polar surface area (TPSA) is 41.7 Å². The Bertz CT molecular complexity index is 655. The summed E-state index contributed by atoms with van der Waals surface area (Å²) in [6, 6.07) is 5.76. The number of oxazole rings is 1. The molecule has 1 aliphatic rings. The molecule has 7 heteroatoms. The van der Waals surface area contributed by atoms with Crippen LogP contribution in [0, 0.1) is 0 Å². The Morgan fingerprint density at radius 1 is 1.26 bits per heavy atom. The molecule has 5 nitrogen and oxygen atoms in total. The van der Waals surface area contributed by atoms with Gasteiger partial charge in [-0.2, -0.15) is 0 Å². The largest absolute Gasteiger partial charge is 0.495 e. The van der Waals surface area contributed by atoms with Crippen LogP contribution in [0.2, 0.25) is 5.02 Å². The highest BCUT2D eigenvalue weighted by molar-refractivity contribution is 6.30. The molecule has 0 bridgehead atoms. The molecule has 0 aliphatic carbocycles. The maximum atomic E-state index is 6.03. The number of piperazine rings is 1. The van der Waals surface area contributed by atoms with Crippen LogP contribution in [0.1, 0.15) is 11.7 Å². The molecule has 1 saturated heterocycles. The van der Waals surface area contributed by atoms with Gasteiger partial charge in [0.1, 0.15) is 11.5 Å². The fraction of sp³-hybridized carbons (Fsp3) is 0.438. The molecule has 23 heavy (non-hydrogen) atoms. The number of hydrogen-bond donors (Lipinski definition) is 0. The number of anilines is 1. The standard InChI is InChI=1S/C16H19Cl2N3O2/c1-22-15-8-12(18)2-3-14(15)21-6-4-20(5-7-21)11-16-19-10-13(9-17)23-16/h2-3,8,10H,4-7,9,11H2,1H3. The number of methoxy groups -OCH3 is 1. The van der Waals surface area contributed by atoms with Gasteiger partial charge in [-0.05, 0) is 12.1 Å². The second-order valence-corrected chi connectivity index (χ2v) is 6.14. The van der Waals surface area contributed by atoms with E-state index in [1.165, 1.54) is 0 Å². The highest BCUT2D eigenvalue weighted by atomic mass is 35.5. The predicted molar refractivity (Wildman–Crippen MR) is 91.6 cm³/mol. The van der Waals surface area contributed by atoms with Gasteiger partial charge in [0.05, 0.1) is 31.4 Å². The summed E-state index contributed by atoms with van der Waals surface area (Å²) < 4.78 is 11.0. The fourth-order valence-electron chi connectivity index (χ4n) is 2.73. The lowest BCUT2D eigenvalue weighted by Gasteiger charge is -2.36. The average Bonchev–Trinajstić information content (AvgIpc) is 3.03. The van der Waals surface area contributed by atoms with Crippen molar-refractivity contribution in [1.82, 2.24) is 9.88 Å². The van der Waals surface area contributed by atoms with Gasteiger partial charge in [-0.1, -0.05) is 11.6 Å². The van der Waals surface area contributed by atoms with Crippen LogP contribution in [-0.4, -0.2) is 43.2 Å². The van der Waals surface area contributed by atoms with Gasteiger partial charge in [0.15, 0.2) is 0 Å². The zero-order chi connectivity index (χ0) is 16.2. The van der Waals surface area contributed by atoms with E-state index in [1.54, 1.807) is 13.3 Å². The van der Waals surface area contributed by atoms with Gasteiger partial charge in [0.25, 0.3) is 0 Å². The molecule has 0 amide bonds. The highest BCUT2D eigenvalue weighted by Crippen LogP contribution is 2.31. The van der Waals surface area contributed by atoms with Crippen molar-refractivity contribution in [2.75, 3.05) is 38.2 Å². The second kappa shape index (κ2) is 7.43. The summed E-state index contributed by atoms with van der Waals surface area (Å²) in [6.45, 7) is 4.42. The molecule has 1 aromatic carbocycles. The minimum absolute atomic E-state index is 0.358. The highest BCUT2D eigenvalue weighted by Gasteiger charge is 2.21. The van der Waals surface area contributed by atoms with Crippen LogP contribution in [0.4, 0.5) is 5.69 Å². The number of alkyl halides is 1. The molecule has 3 rings (SSSR count). The van der Waals surface area contributed by atoms with Crippen LogP contribution >= 0.6 is 23.2 Å². The predicted octanol–water partition coefficient (Wildman–Crippen LogP) is 3.40. The van der Waals surface area contributed by atoms with Gasteiger partial charge in [-0.15, -0.1) is 11.6 Å². The molecule has 1 fully saturated rings. The van der Waals surface area contributed by atoms with E-state index in [1.807, 2.05) is 18.2 Å². The molecule has 1 aliphatic heterocycles. The van der Waals surface area contributed by atoms with Crippen LogP contribution in [0.15, 0.2) is 28.8 Å². The maximum Gasteiger partial charge on any atom is 0.208 e. The number of ether oxygens (including phenoxy) is 1. The van der Waals surface area contributed by atoms with E-state index in [0.29, 0.717) is 23.2 Å². The Kier molecular flexibility index (Phi) is 5.30. The Labute approximate surface area is 145 Å². The third-order valence-corrected chi connectivity index (χ3v) is 4.45. The molecule has 0 saturated carbocycles. The molecule has 0 atom stereocenters. The number of halogens is 2. The summed E-state index contributed by atoms with van der Waals surface area (Å²) in [6.07, 6.45) is 1.69. The first-order chi connectivity index (χ1) is 11.2. The molecule has 0 N–H and O–H groups in total. The first kappa shape index (κ1) is 16.4. The van der Waals surface area contributed by atoms with E-state index in [0.717, 1.165) is 43.5 Å². The summed E-state index contributed by atoms with van der Waals surface area (Å²) in [5, 5.41) is 0.684. The van der Waals surface area contributed by atoms with Crippen molar-refractivity contribution < 1.29 is 9.15 Å². The van der Waals surface area contributed by atoms with E-state index < -0.39 is 0 Å². The van der Waals surface area contributed by atoms with Gasteiger partial charge < -0.3 is 14.1 Å². The van der Waals surface area contributed by atoms with Crippen molar-refractivity contribution in [3.8, 4) is 5.75 Å². The third-order valence-electron chi connectivity index (χ3n) is 3.95. The summed E-state index contributed by atoms with van der Waals surface area (Å²) >= 11 is 11.8. The summed E-state index contributed by atoms with van der Waals surface area (Å²) in [5.74, 6) is 2.60. The molecular weight excluding hydrogens is 337 g/mol. The Balaban J connectivity index is 1.60. The lowest BCUT2D eigenvalue weighted by Crippen LogP contribution is -2.46. The van der Waals surface area contributed by atoms with Gasteiger partial charge in [-0.25, -0.2) is 4.98 Å². The third kappa shape index (κ3) is 3.91. The van der Waals surface area contributed by atoms with Crippen molar-refractivity contribution in [3.63, 3.8) is 0 Å². The molecule has 0 spiro atoms. The van der Waals surface area contributed by atoms with Crippen LogP contribution in [0.25, 0.3) is 0 Å². The monoisotopic (exact) mass is 355 g/mol. The summed E-state index contributed by atoms with van der Waals surface area (Å²) in [5.41, 5.74) is 1.08. The zero-order valence-electron chi connectivity index (χ0n) is 13.0. The van der Waals surface area contributed by atoms with Crippen LogP contribution in [-0.2, 0) is 12.4 Å². The minimum Gasteiger partial charge on any atom is -0.495 e. The number of rotatable bonds is 5. The average molecular weight is 356 g/mol. The normalized spacial score (nSPS) is 15.9. The SMILES string of the molecule is COc1cc(Cl)ccc1N1CCN(Cc2ncc(CCl)o2)CC1. The van der Waals surface area contributed by atoms with E-state index >= 15 is 0 Å². The van der Waals surface area contributed by atoms with Gasteiger partial charge in [0, 0.05) is 37.3 Å². The molecule has 2 heterocycles. The summed E-state index contributed by atoms with van der Waals surface area (Å²) in [4.78, 5) is 8.89. The lowest BCUT2D eigenvalue weighted by atomic mass is 10.2. The fourth-order valence-corrected chi connectivity index (χ4v) is 3.02. The van der Waals surface area contributed by atoms with Crippen molar-refractivity contribution in [1.29, 1.82) is 0 Å². The smallest absolute Gasteiger partial charge is 0.208 e. The van der Waals surface area contributed by atoms with E-state index in [2.05, 4.69) is 14.8 Å². The Morgan fingerprint density at radius 3 is 2.70 bits per heavy atom. The maximum absolute atomic E-state index is 6.03. The molecule has 124 valence electrons. The van der Waals surface area contributed by atoms with Crippen molar-refractivity contribution in [3.05, 3.63) is 41.1 Å². The number of aromatic nitrogens is 1. The molecule has 0 radical (unpaired) electrons. The minimum atomic E-state index is 0.358. The van der Waals surface area contributed by atoms with Gasteiger partial charge in [0.2, 0.25) is 5.89 Å². The number of benzene rings is 1. The first-order valence-electron chi connectivity index (χ1n) is 7.50. The molecule has 2 aromatic rings. The van der Waals surface area contributed by atoms with Gasteiger partial charge in [-0.3, -0.25) is 4.90 Å². The molecule has 0 unspecified atom stereocenters. The van der Waals surface area contributed by atoms with E-state index in [4.69, 9.17) is 32.4 Å². The van der Waals surface area contributed by atoms with Crippen molar-refractivity contribution in [2.24, 2.45) is 0 Å². The van der Waals surface area contributed by atoms with Crippen LogP contribution in [0.3, 0.4) is 0 Å². The zero-order valence-corrected chi connectivity index (χ0v) is 14.5. The lowest BCUT2D eigenvalue weighted by molar-refractivity contribution is 0.224. The summed E-state index contributed by atoms with van der Waals surface area (Å²) in [7, 11) is 1.67.